The summed E-state index contributed by atoms with van der Waals surface area (Å²) in [4.78, 5) is 17.2. The van der Waals surface area contributed by atoms with Crippen molar-refractivity contribution in [2.24, 2.45) is 0 Å². The van der Waals surface area contributed by atoms with Gasteiger partial charge in [-0.25, -0.2) is 15.0 Å². The van der Waals surface area contributed by atoms with E-state index in [-0.39, 0.29) is 0 Å². The first kappa shape index (κ1) is 58.0. The van der Waals surface area contributed by atoms with Crippen molar-refractivity contribution >= 4 is 43.6 Å². The molecule has 0 spiro atoms. The molecule has 454 valence electrons. The maximum atomic E-state index is 10.0. The summed E-state index contributed by atoms with van der Waals surface area (Å²) in [6.45, 7) is 0. The molecule has 0 aliphatic rings. The van der Waals surface area contributed by atoms with Gasteiger partial charge in [0, 0.05) is 38.2 Å². The van der Waals surface area contributed by atoms with Crippen LogP contribution in [0.25, 0.3) is 167 Å². The van der Waals surface area contributed by atoms with Gasteiger partial charge in [0.05, 0.1) is 68.3 Å². The summed E-state index contributed by atoms with van der Waals surface area (Å²) in [7, 11) is 0. The third kappa shape index (κ3) is 10.6. The third-order valence-corrected chi connectivity index (χ3v) is 18.7. The van der Waals surface area contributed by atoms with E-state index in [4.69, 9.17) is 15.0 Å². The zero-order valence-corrected chi connectivity index (χ0v) is 52.8. The van der Waals surface area contributed by atoms with Gasteiger partial charge in [-0.3, -0.25) is 0 Å². The predicted molar refractivity (Wildman–Crippen MR) is 397 cm³/mol. The topological polar surface area (TPSA) is 120 Å². The van der Waals surface area contributed by atoms with Crippen molar-refractivity contribution < 1.29 is 0 Å². The van der Waals surface area contributed by atoms with Crippen molar-refractivity contribution in [3.05, 3.63) is 344 Å². The van der Waals surface area contributed by atoms with Gasteiger partial charge >= 0.3 is 0 Å². The molecule has 3 heterocycles. The third-order valence-electron chi connectivity index (χ3n) is 18.7. The fourth-order valence-corrected chi connectivity index (χ4v) is 13.8. The minimum atomic E-state index is 0.424. The lowest BCUT2D eigenvalue weighted by Crippen LogP contribution is -2.06. The Morgan fingerprint density at radius 2 is 0.449 bits per heavy atom. The number of hydrogen-bond acceptors (Lipinski definition) is 6. The zero-order valence-electron chi connectivity index (χ0n) is 52.8. The summed E-state index contributed by atoms with van der Waals surface area (Å²) >= 11 is 0. The molecule has 0 bridgehead atoms. The Kier molecular flexibility index (Phi) is 14.5. The molecule has 0 radical (unpaired) electrons. The molecule has 0 aliphatic carbocycles. The van der Waals surface area contributed by atoms with E-state index in [1.165, 1.54) is 0 Å². The van der Waals surface area contributed by atoms with E-state index in [1.807, 2.05) is 109 Å². The molecule has 0 fully saturated rings. The molecular formula is C90H54N8. The Labute approximate surface area is 566 Å². The van der Waals surface area contributed by atoms with Gasteiger partial charge < -0.3 is 9.13 Å². The standard InChI is InChI=1S/C90H54N8/c91-55-58-24-30-65(31-25-58)68-22-13-23-75(48-68)88-94-89(80-53-73(66-32-26-59(56-92)27-33-66)40-46-86(80)97-82-42-36-69(61-14-5-1-6-15-61)49-76(82)77-50-70(37-43-83(77)97)62-16-7-2-8-17-62)96-90(95-88)81-54-74(67-34-28-60(57-93)29-35-67)41-47-87(81)98-84-44-38-71(63-18-9-3-10-19-63)51-78(84)79-52-72(39-45-85(79)98)64-20-11-4-12-21-64/h1-54H. The SMILES string of the molecule is N#Cc1ccc(-c2cccc(-c3nc(-c4cc(-c5ccc(C#N)cc5)ccc4-n4c5ccc(-c6ccccc6)cc5c5cc(-c6ccccc6)ccc54)nc(-c4cc(-c5ccc(C#N)cc5)ccc4-n4c5ccc(-c6ccccc6)cc5c5cc(-c6ccccc6)ccc54)n3)c2)cc1. The predicted octanol–water partition coefficient (Wildman–Crippen LogP) is 22.4. The van der Waals surface area contributed by atoms with Crippen LogP contribution in [0.15, 0.2) is 328 Å². The lowest BCUT2D eigenvalue weighted by Gasteiger charge is -2.18. The smallest absolute Gasteiger partial charge is 0.166 e. The Bertz CT molecular complexity index is 5580. The van der Waals surface area contributed by atoms with Gasteiger partial charge in [0.1, 0.15) is 0 Å². The fourth-order valence-electron chi connectivity index (χ4n) is 13.8. The number of fused-ring (bicyclic) bond motifs is 6. The molecule has 8 nitrogen and oxygen atoms in total. The second-order valence-electron chi connectivity index (χ2n) is 24.5. The van der Waals surface area contributed by atoms with Crippen molar-refractivity contribution in [2.45, 2.75) is 0 Å². The summed E-state index contributed by atoms with van der Waals surface area (Å²) < 4.78 is 4.70. The molecule has 17 rings (SSSR count). The Balaban J connectivity index is 0.966. The monoisotopic (exact) mass is 1250 g/mol. The van der Waals surface area contributed by atoms with Gasteiger partial charge in [-0.05, 0) is 193 Å². The number of benzene rings is 14. The quantitative estimate of drug-likeness (QED) is 0.120. The highest BCUT2D eigenvalue weighted by Gasteiger charge is 2.25. The maximum absolute atomic E-state index is 10.0. The largest absolute Gasteiger partial charge is 0.308 e. The molecule has 0 saturated heterocycles. The number of nitrogens with zero attached hydrogens (tertiary/aromatic N) is 8. The van der Waals surface area contributed by atoms with Crippen molar-refractivity contribution in [2.75, 3.05) is 0 Å². The van der Waals surface area contributed by atoms with Crippen LogP contribution >= 0.6 is 0 Å². The number of nitriles is 3. The van der Waals surface area contributed by atoms with Crippen LogP contribution in [0.1, 0.15) is 16.7 Å². The van der Waals surface area contributed by atoms with E-state index < -0.39 is 0 Å². The van der Waals surface area contributed by atoms with Gasteiger partial charge in [0.2, 0.25) is 0 Å². The first-order chi connectivity index (χ1) is 48.4. The van der Waals surface area contributed by atoms with Crippen LogP contribution in [-0.4, -0.2) is 24.1 Å². The molecule has 0 saturated carbocycles. The molecule has 14 aromatic carbocycles. The van der Waals surface area contributed by atoms with E-state index in [1.54, 1.807) is 0 Å². The summed E-state index contributed by atoms with van der Waals surface area (Å²) in [5.41, 5.74) is 24.0. The van der Waals surface area contributed by atoms with Crippen LogP contribution in [0.2, 0.25) is 0 Å². The Hall–Kier alpha value is -13.8. The van der Waals surface area contributed by atoms with Crippen LogP contribution in [-0.2, 0) is 0 Å². The second kappa shape index (κ2) is 24.6. The van der Waals surface area contributed by atoms with Gasteiger partial charge in [0.15, 0.2) is 17.5 Å². The number of rotatable bonds is 12. The average Bonchev–Trinajstić information content (AvgIpc) is 1.56. The molecule has 0 unspecified atom stereocenters. The van der Waals surface area contributed by atoms with Gasteiger partial charge in [0.25, 0.3) is 0 Å². The highest BCUT2D eigenvalue weighted by atomic mass is 15.1. The highest BCUT2D eigenvalue weighted by Crippen LogP contribution is 2.45. The Morgan fingerprint density at radius 3 is 0.765 bits per heavy atom. The van der Waals surface area contributed by atoms with Crippen LogP contribution in [0.4, 0.5) is 0 Å². The normalized spacial score (nSPS) is 11.2. The van der Waals surface area contributed by atoms with E-state index in [0.29, 0.717) is 34.2 Å². The van der Waals surface area contributed by atoms with Crippen molar-refractivity contribution in [1.82, 2.24) is 24.1 Å². The molecule has 0 amide bonds. The number of hydrogen-bond donors (Lipinski definition) is 0. The summed E-state index contributed by atoms with van der Waals surface area (Å²) in [6.07, 6.45) is 0. The van der Waals surface area contributed by atoms with E-state index in [9.17, 15) is 15.8 Å². The van der Waals surface area contributed by atoms with Crippen LogP contribution in [0, 0.1) is 34.0 Å². The van der Waals surface area contributed by atoms with Crippen LogP contribution in [0.5, 0.6) is 0 Å². The number of aromatic nitrogens is 5. The molecule has 0 atom stereocenters. The summed E-state index contributed by atoms with van der Waals surface area (Å²) in [6, 6.07) is 120. The van der Waals surface area contributed by atoms with Crippen LogP contribution < -0.4 is 0 Å². The minimum Gasteiger partial charge on any atom is -0.308 e. The van der Waals surface area contributed by atoms with E-state index >= 15 is 0 Å². The molecule has 8 heteroatoms. The molecule has 3 aromatic heterocycles. The van der Waals surface area contributed by atoms with E-state index in [2.05, 4.69) is 246 Å². The summed E-state index contributed by atoms with van der Waals surface area (Å²) in [5, 5.41) is 34.2. The first-order valence-corrected chi connectivity index (χ1v) is 32.5. The molecule has 17 aromatic rings. The molecule has 0 aliphatic heterocycles. The van der Waals surface area contributed by atoms with Crippen LogP contribution in [0.3, 0.4) is 0 Å². The lowest BCUT2D eigenvalue weighted by atomic mass is 9.99. The van der Waals surface area contributed by atoms with Gasteiger partial charge in [-0.15, -0.1) is 0 Å². The summed E-state index contributed by atoms with van der Waals surface area (Å²) in [5.74, 6) is 1.29. The van der Waals surface area contributed by atoms with Crippen molar-refractivity contribution in [3.63, 3.8) is 0 Å². The second-order valence-corrected chi connectivity index (χ2v) is 24.5. The maximum Gasteiger partial charge on any atom is 0.166 e. The lowest BCUT2D eigenvalue weighted by molar-refractivity contribution is 1.06. The zero-order chi connectivity index (χ0) is 65.6. The molecular weight excluding hydrogens is 1190 g/mol. The minimum absolute atomic E-state index is 0.424. The fraction of sp³-hybridized carbons (Fsp3) is 0. The van der Waals surface area contributed by atoms with Gasteiger partial charge in [-0.1, -0.05) is 212 Å². The van der Waals surface area contributed by atoms with E-state index in [0.717, 1.165) is 150 Å². The highest BCUT2D eigenvalue weighted by molar-refractivity contribution is 6.14. The average molecular weight is 1250 g/mol. The van der Waals surface area contributed by atoms with Gasteiger partial charge in [-0.2, -0.15) is 15.8 Å². The molecule has 98 heavy (non-hydrogen) atoms. The van der Waals surface area contributed by atoms with Crippen molar-refractivity contribution in [1.29, 1.82) is 15.8 Å². The Morgan fingerprint density at radius 1 is 0.204 bits per heavy atom. The first-order valence-electron chi connectivity index (χ1n) is 32.5. The molecule has 0 N–H and O–H groups in total. The van der Waals surface area contributed by atoms with Crippen molar-refractivity contribution in [3.8, 4) is 142 Å².